The molecule has 0 amide bonds. The maximum Gasteiger partial charge on any atom is 0.190 e. The van der Waals surface area contributed by atoms with Gasteiger partial charge in [0, 0.05) is 30.2 Å². The van der Waals surface area contributed by atoms with Gasteiger partial charge < -0.3 is 10.2 Å². The molecule has 2 aromatic rings. The Hall–Kier alpha value is -1.39. The smallest absolute Gasteiger partial charge is 0.190 e. The lowest BCUT2D eigenvalue weighted by atomic mass is 10.2. The lowest BCUT2D eigenvalue weighted by molar-refractivity contribution is 0.691. The van der Waals surface area contributed by atoms with Crippen molar-refractivity contribution in [2.75, 3.05) is 11.9 Å². The van der Waals surface area contributed by atoms with Gasteiger partial charge >= 0.3 is 0 Å². The monoisotopic (exact) mass is 287 g/mol. The molecular formula is C16H21N3S. The van der Waals surface area contributed by atoms with E-state index in [1.165, 1.54) is 29.0 Å². The summed E-state index contributed by atoms with van der Waals surface area (Å²) in [7, 11) is 2.08. The third-order valence-electron chi connectivity index (χ3n) is 3.72. The number of benzene rings is 1. The summed E-state index contributed by atoms with van der Waals surface area (Å²) in [5.74, 6) is 0. The quantitative estimate of drug-likeness (QED) is 0.907. The number of hydrogen-bond acceptors (Lipinski definition) is 4. The third kappa shape index (κ3) is 3.02. The van der Waals surface area contributed by atoms with Crippen LogP contribution in [0.25, 0.3) is 0 Å². The van der Waals surface area contributed by atoms with E-state index in [-0.39, 0.29) is 0 Å². The molecule has 0 atom stereocenters. The number of nitrogens with zero attached hydrogens (tertiary/aromatic N) is 2. The van der Waals surface area contributed by atoms with Gasteiger partial charge in [0.15, 0.2) is 5.13 Å². The molecular weight excluding hydrogens is 266 g/mol. The number of thiazole rings is 1. The van der Waals surface area contributed by atoms with Crippen LogP contribution in [-0.4, -0.2) is 18.1 Å². The van der Waals surface area contributed by atoms with Crippen LogP contribution in [0.5, 0.6) is 0 Å². The normalized spacial score (nSPS) is 14.6. The van der Waals surface area contributed by atoms with Crippen molar-refractivity contribution in [2.24, 2.45) is 0 Å². The fourth-order valence-corrected chi connectivity index (χ4v) is 3.12. The van der Waals surface area contributed by atoms with E-state index >= 15 is 0 Å². The van der Waals surface area contributed by atoms with E-state index in [0.717, 1.165) is 23.4 Å². The summed E-state index contributed by atoms with van der Waals surface area (Å²) in [4.78, 5) is 8.23. The van der Waals surface area contributed by atoms with Gasteiger partial charge in [-0.3, -0.25) is 0 Å². The predicted molar refractivity (Wildman–Crippen MR) is 86.0 cm³/mol. The van der Waals surface area contributed by atoms with Gasteiger partial charge in [0.1, 0.15) is 0 Å². The van der Waals surface area contributed by atoms with Crippen LogP contribution in [0.15, 0.2) is 24.3 Å². The predicted octanol–water partition coefficient (Wildman–Crippen LogP) is 3.78. The molecule has 1 N–H and O–H groups in total. The van der Waals surface area contributed by atoms with Crippen molar-refractivity contribution in [3.63, 3.8) is 0 Å². The summed E-state index contributed by atoms with van der Waals surface area (Å²) in [5, 5.41) is 4.63. The average molecular weight is 287 g/mol. The van der Waals surface area contributed by atoms with Crippen LogP contribution in [0.4, 0.5) is 10.8 Å². The summed E-state index contributed by atoms with van der Waals surface area (Å²) >= 11 is 1.79. The van der Waals surface area contributed by atoms with Gasteiger partial charge in [-0.05, 0) is 38.8 Å². The van der Waals surface area contributed by atoms with Gasteiger partial charge in [-0.2, -0.15) is 0 Å². The molecule has 4 heteroatoms. The van der Waals surface area contributed by atoms with Gasteiger partial charge in [0.2, 0.25) is 0 Å². The maximum atomic E-state index is 4.71. The van der Waals surface area contributed by atoms with Gasteiger partial charge in [-0.1, -0.05) is 29.0 Å². The van der Waals surface area contributed by atoms with Crippen LogP contribution >= 0.6 is 11.3 Å². The highest BCUT2D eigenvalue weighted by Crippen LogP contribution is 2.31. The van der Waals surface area contributed by atoms with Crippen molar-refractivity contribution < 1.29 is 0 Å². The van der Waals surface area contributed by atoms with E-state index in [1.807, 2.05) is 0 Å². The fraction of sp³-hybridized carbons (Fsp3) is 0.438. The summed E-state index contributed by atoms with van der Waals surface area (Å²) in [5.41, 5.74) is 3.62. The highest BCUT2D eigenvalue weighted by Gasteiger charge is 2.21. The van der Waals surface area contributed by atoms with Crippen molar-refractivity contribution in [1.29, 1.82) is 0 Å². The first kappa shape index (κ1) is 13.6. The second-order valence-electron chi connectivity index (χ2n) is 5.55. The lowest BCUT2D eigenvalue weighted by Crippen LogP contribution is -2.14. The molecule has 0 aliphatic heterocycles. The van der Waals surface area contributed by atoms with Crippen LogP contribution in [0.3, 0.4) is 0 Å². The first-order valence-corrected chi connectivity index (χ1v) is 7.95. The third-order valence-corrected chi connectivity index (χ3v) is 4.95. The van der Waals surface area contributed by atoms with E-state index < -0.39 is 0 Å². The number of aryl methyl sites for hydroxylation is 2. The Bertz CT molecular complexity index is 584. The van der Waals surface area contributed by atoms with Gasteiger partial charge in [0.05, 0.1) is 5.69 Å². The summed E-state index contributed by atoms with van der Waals surface area (Å²) < 4.78 is 0. The van der Waals surface area contributed by atoms with Crippen molar-refractivity contribution in [3.8, 4) is 0 Å². The topological polar surface area (TPSA) is 28.2 Å². The molecule has 3 rings (SSSR count). The molecule has 1 aliphatic carbocycles. The molecule has 1 heterocycles. The van der Waals surface area contributed by atoms with E-state index in [1.54, 1.807) is 11.3 Å². The molecule has 0 radical (unpaired) electrons. The Balaban J connectivity index is 1.75. The Morgan fingerprint density at radius 3 is 2.60 bits per heavy atom. The molecule has 0 bridgehead atoms. The first-order valence-electron chi connectivity index (χ1n) is 7.13. The second kappa shape index (κ2) is 5.54. The average Bonchev–Trinajstić information content (AvgIpc) is 3.20. The molecule has 0 unspecified atom stereocenters. The number of anilines is 2. The molecule has 106 valence electrons. The van der Waals surface area contributed by atoms with Crippen molar-refractivity contribution >= 4 is 22.2 Å². The van der Waals surface area contributed by atoms with E-state index in [2.05, 4.69) is 55.4 Å². The van der Waals surface area contributed by atoms with Crippen LogP contribution in [0.1, 0.15) is 29.0 Å². The molecule has 1 aromatic carbocycles. The van der Waals surface area contributed by atoms with Crippen molar-refractivity contribution in [2.45, 2.75) is 39.3 Å². The molecule has 1 aliphatic rings. The minimum absolute atomic E-state index is 0.745. The standard InChI is InChI=1S/C16H21N3S/c1-11-4-8-14(9-5-11)19(3)16-18-12(2)15(20-16)10-17-13-6-7-13/h4-5,8-9,13,17H,6-7,10H2,1-3H3. The molecule has 1 aromatic heterocycles. The number of nitrogens with one attached hydrogen (secondary N) is 1. The zero-order valence-electron chi connectivity index (χ0n) is 12.3. The molecule has 0 spiro atoms. The van der Waals surface area contributed by atoms with Gasteiger partial charge in [-0.25, -0.2) is 4.98 Å². The molecule has 1 fully saturated rings. The molecule has 3 nitrogen and oxygen atoms in total. The Kier molecular flexibility index (Phi) is 3.76. The summed E-state index contributed by atoms with van der Waals surface area (Å²) in [6.07, 6.45) is 2.65. The van der Waals surface area contributed by atoms with Crippen molar-refractivity contribution in [1.82, 2.24) is 10.3 Å². The number of rotatable bonds is 5. The zero-order valence-corrected chi connectivity index (χ0v) is 13.1. The van der Waals surface area contributed by atoms with E-state index in [9.17, 15) is 0 Å². The van der Waals surface area contributed by atoms with Crippen LogP contribution in [-0.2, 0) is 6.54 Å². The summed E-state index contributed by atoms with van der Waals surface area (Å²) in [6.45, 7) is 5.17. The van der Waals surface area contributed by atoms with Crippen molar-refractivity contribution in [3.05, 3.63) is 40.4 Å². The SMILES string of the molecule is Cc1ccc(N(C)c2nc(C)c(CNC3CC3)s2)cc1. The first-order chi connectivity index (χ1) is 9.63. The lowest BCUT2D eigenvalue weighted by Gasteiger charge is -2.15. The molecule has 1 saturated carbocycles. The van der Waals surface area contributed by atoms with Crippen LogP contribution in [0, 0.1) is 13.8 Å². The van der Waals surface area contributed by atoms with Crippen LogP contribution in [0.2, 0.25) is 0 Å². The zero-order chi connectivity index (χ0) is 14.1. The number of hydrogen-bond donors (Lipinski definition) is 1. The Labute approximate surface area is 124 Å². The fourth-order valence-electron chi connectivity index (χ4n) is 2.12. The summed E-state index contributed by atoms with van der Waals surface area (Å²) in [6, 6.07) is 9.32. The Morgan fingerprint density at radius 1 is 1.25 bits per heavy atom. The molecule has 0 saturated heterocycles. The highest BCUT2D eigenvalue weighted by molar-refractivity contribution is 7.15. The highest BCUT2D eigenvalue weighted by atomic mass is 32.1. The van der Waals surface area contributed by atoms with Crippen LogP contribution < -0.4 is 10.2 Å². The minimum atomic E-state index is 0.745. The van der Waals surface area contributed by atoms with E-state index in [4.69, 9.17) is 4.98 Å². The van der Waals surface area contributed by atoms with Gasteiger partial charge in [0.25, 0.3) is 0 Å². The molecule has 20 heavy (non-hydrogen) atoms. The van der Waals surface area contributed by atoms with E-state index in [0.29, 0.717) is 0 Å². The number of aromatic nitrogens is 1. The minimum Gasteiger partial charge on any atom is -0.321 e. The largest absolute Gasteiger partial charge is 0.321 e. The van der Waals surface area contributed by atoms with Gasteiger partial charge in [-0.15, -0.1) is 0 Å². The second-order valence-corrected chi connectivity index (χ2v) is 6.62. The Morgan fingerprint density at radius 2 is 1.95 bits per heavy atom. The maximum absolute atomic E-state index is 4.71.